The molecule has 0 aliphatic heterocycles. The SMILES string of the molecule is CC(C)(C)OC(=O)C1CCC(OC2CCC(C(=O)OC(C)(C)C)CC2)CC1. The van der Waals surface area contributed by atoms with E-state index in [0.29, 0.717) is 0 Å². The van der Waals surface area contributed by atoms with E-state index in [9.17, 15) is 9.59 Å². The normalized spacial score (nSPS) is 29.9. The average molecular weight is 383 g/mol. The van der Waals surface area contributed by atoms with Crippen LogP contribution in [0.25, 0.3) is 0 Å². The molecule has 0 N–H and O–H groups in total. The van der Waals surface area contributed by atoms with Gasteiger partial charge < -0.3 is 14.2 Å². The van der Waals surface area contributed by atoms with Crippen molar-refractivity contribution in [1.29, 1.82) is 0 Å². The minimum atomic E-state index is -0.419. The van der Waals surface area contributed by atoms with E-state index < -0.39 is 11.2 Å². The highest BCUT2D eigenvalue weighted by Crippen LogP contribution is 2.33. The van der Waals surface area contributed by atoms with E-state index in [1.54, 1.807) is 0 Å². The standard InChI is InChI=1S/C22H38O5/c1-21(2,3)26-19(23)15-7-11-17(12-8-15)25-18-13-9-16(10-14-18)20(24)27-22(4,5)6/h15-18H,7-14H2,1-6H3. The summed E-state index contributed by atoms with van der Waals surface area (Å²) in [7, 11) is 0. The van der Waals surface area contributed by atoms with Gasteiger partial charge in [-0.1, -0.05) is 0 Å². The van der Waals surface area contributed by atoms with Gasteiger partial charge in [-0.25, -0.2) is 0 Å². The predicted molar refractivity (Wildman–Crippen MR) is 104 cm³/mol. The fraction of sp³-hybridized carbons (Fsp3) is 0.909. The number of hydrogen-bond acceptors (Lipinski definition) is 5. The van der Waals surface area contributed by atoms with Gasteiger partial charge in [-0.3, -0.25) is 9.59 Å². The second kappa shape index (κ2) is 8.93. The van der Waals surface area contributed by atoms with Crippen molar-refractivity contribution in [3.8, 4) is 0 Å². The Bertz CT molecular complexity index is 452. The summed E-state index contributed by atoms with van der Waals surface area (Å²) in [6.45, 7) is 11.5. The van der Waals surface area contributed by atoms with Crippen molar-refractivity contribution in [3.05, 3.63) is 0 Å². The monoisotopic (exact) mass is 382 g/mol. The quantitative estimate of drug-likeness (QED) is 0.653. The Labute approximate surface area is 164 Å². The van der Waals surface area contributed by atoms with E-state index >= 15 is 0 Å². The summed E-state index contributed by atoms with van der Waals surface area (Å²) >= 11 is 0. The third kappa shape index (κ3) is 7.81. The van der Waals surface area contributed by atoms with E-state index in [-0.39, 0.29) is 36.0 Å². The Morgan fingerprint density at radius 1 is 0.593 bits per heavy atom. The average Bonchev–Trinajstić information content (AvgIpc) is 2.53. The Kier molecular flexibility index (Phi) is 7.34. The van der Waals surface area contributed by atoms with Crippen molar-refractivity contribution >= 4 is 11.9 Å². The van der Waals surface area contributed by atoms with Crippen molar-refractivity contribution in [2.24, 2.45) is 11.8 Å². The van der Waals surface area contributed by atoms with Crippen LogP contribution in [0.3, 0.4) is 0 Å². The number of ether oxygens (including phenoxy) is 3. The molecule has 5 nitrogen and oxygen atoms in total. The van der Waals surface area contributed by atoms with Crippen LogP contribution in [0.5, 0.6) is 0 Å². The number of rotatable bonds is 4. The van der Waals surface area contributed by atoms with Gasteiger partial charge in [0, 0.05) is 0 Å². The summed E-state index contributed by atoms with van der Waals surface area (Å²) in [6.07, 6.45) is 7.47. The molecule has 0 bridgehead atoms. The van der Waals surface area contributed by atoms with Gasteiger partial charge in [-0.15, -0.1) is 0 Å². The summed E-state index contributed by atoms with van der Waals surface area (Å²) in [5.74, 6) is -0.128. The Hall–Kier alpha value is -1.10. The largest absolute Gasteiger partial charge is 0.460 e. The highest BCUT2D eigenvalue weighted by Gasteiger charge is 2.34. The molecule has 0 unspecified atom stereocenters. The lowest BCUT2D eigenvalue weighted by Gasteiger charge is -2.34. The molecule has 0 saturated heterocycles. The van der Waals surface area contributed by atoms with Gasteiger partial charge in [0.1, 0.15) is 11.2 Å². The van der Waals surface area contributed by atoms with Crippen molar-refractivity contribution in [3.63, 3.8) is 0 Å². The number of carbonyl (C=O) groups excluding carboxylic acids is 2. The molecule has 5 heteroatoms. The highest BCUT2D eigenvalue weighted by atomic mass is 16.6. The third-order valence-corrected chi connectivity index (χ3v) is 5.21. The second-order valence-corrected chi connectivity index (χ2v) is 10.2. The lowest BCUT2D eigenvalue weighted by atomic mass is 9.85. The van der Waals surface area contributed by atoms with Crippen LogP contribution in [0.4, 0.5) is 0 Å². The molecule has 0 atom stereocenters. The molecule has 0 aromatic heterocycles. The number of carbonyl (C=O) groups is 2. The van der Waals surface area contributed by atoms with E-state index in [1.807, 2.05) is 41.5 Å². The first kappa shape index (κ1) is 22.2. The van der Waals surface area contributed by atoms with Crippen LogP contribution in [-0.4, -0.2) is 35.3 Å². The lowest BCUT2D eigenvalue weighted by molar-refractivity contribution is -0.163. The summed E-state index contributed by atoms with van der Waals surface area (Å²) < 4.78 is 17.3. The predicted octanol–water partition coefficient (Wildman–Crippen LogP) is 4.80. The Balaban J connectivity index is 1.69. The number of esters is 2. The van der Waals surface area contributed by atoms with Crippen LogP contribution >= 0.6 is 0 Å². The van der Waals surface area contributed by atoms with Crippen LogP contribution in [0.1, 0.15) is 92.9 Å². The Morgan fingerprint density at radius 2 is 0.889 bits per heavy atom. The molecule has 2 fully saturated rings. The zero-order valence-corrected chi connectivity index (χ0v) is 18.0. The maximum Gasteiger partial charge on any atom is 0.309 e. The second-order valence-electron chi connectivity index (χ2n) is 10.2. The Morgan fingerprint density at radius 3 is 1.15 bits per heavy atom. The molecule has 2 saturated carbocycles. The van der Waals surface area contributed by atoms with Crippen LogP contribution in [0.2, 0.25) is 0 Å². The molecule has 2 aliphatic rings. The van der Waals surface area contributed by atoms with Crippen LogP contribution in [0, 0.1) is 11.8 Å². The summed E-state index contributed by atoms with van der Waals surface area (Å²) in [4.78, 5) is 24.4. The van der Waals surface area contributed by atoms with Gasteiger partial charge in [-0.05, 0) is 92.9 Å². The minimum Gasteiger partial charge on any atom is -0.460 e. The van der Waals surface area contributed by atoms with Gasteiger partial charge in [0.25, 0.3) is 0 Å². The third-order valence-electron chi connectivity index (χ3n) is 5.21. The molecule has 0 aromatic carbocycles. The zero-order valence-electron chi connectivity index (χ0n) is 18.0. The summed E-state index contributed by atoms with van der Waals surface area (Å²) in [5.41, 5.74) is -0.839. The fourth-order valence-electron chi connectivity index (χ4n) is 3.91. The lowest BCUT2D eigenvalue weighted by Crippen LogP contribution is -2.36. The molecule has 156 valence electrons. The zero-order chi connectivity index (χ0) is 20.2. The van der Waals surface area contributed by atoms with Crippen molar-refractivity contribution < 1.29 is 23.8 Å². The van der Waals surface area contributed by atoms with E-state index in [4.69, 9.17) is 14.2 Å². The molecule has 27 heavy (non-hydrogen) atoms. The number of hydrogen-bond donors (Lipinski definition) is 0. The molecule has 0 heterocycles. The van der Waals surface area contributed by atoms with Gasteiger partial charge in [0.05, 0.1) is 24.0 Å². The van der Waals surface area contributed by atoms with E-state index in [0.717, 1.165) is 51.4 Å². The van der Waals surface area contributed by atoms with Crippen LogP contribution in [-0.2, 0) is 23.8 Å². The maximum absolute atomic E-state index is 12.2. The summed E-state index contributed by atoms with van der Waals surface area (Å²) in [5, 5.41) is 0. The van der Waals surface area contributed by atoms with Crippen LogP contribution < -0.4 is 0 Å². The van der Waals surface area contributed by atoms with Crippen molar-refractivity contribution in [2.75, 3.05) is 0 Å². The van der Waals surface area contributed by atoms with Crippen LogP contribution in [0.15, 0.2) is 0 Å². The summed E-state index contributed by atoms with van der Waals surface area (Å²) in [6, 6.07) is 0. The molecule has 0 radical (unpaired) electrons. The van der Waals surface area contributed by atoms with E-state index in [2.05, 4.69) is 0 Å². The first-order chi connectivity index (χ1) is 12.4. The molecule has 0 spiro atoms. The van der Waals surface area contributed by atoms with Crippen molar-refractivity contribution in [1.82, 2.24) is 0 Å². The molecular weight excluding hydrogens is 344 g/mol. The smallest absolute Gasteiger partial charge is 0.309 e. The molecule has 0 amide bonds. The molecule has 2 rings (SSSR count). The highest BCUT2D eigenvalue weighted by molar-refractivity contribution is 5.73. The molecular formula is C22H38O5. The minimum absolute atomic E-state index is 0.00646. The first-order valence-corrected chi connectivity index (χ1v) is 10.5. The van der Waals surface area contributed by atoms with Gasteiger partial charge >= 0.3 is 11.9 Å². The van der Waals surface area contributed by atoms with Gasteiger partial charge in [0.2, 0.25) is 0 Å². The van der Waals surface area contributed by atoms with E-state index in [1.165, 1.54) is 0 Å². The molecule has 0 aromatic rings. The van der Waals surface area contributed by atoms with Crippen molar-refractivity contribution in [2.45, 2.75) is 116 Å². The maximum atomic E-state index is 12.2. The van der Waals surface area contributed by atoms with Gasteiger partial charge in [-0.2, -0.15) is 0 Å². The molecule has 2 aliphatic carbocycles. The first-order valence-electron chi connectivity index (χ1n) is 10.5. The van der Waals surface area contributed by atoms with Gasteiger partial charge in [0.15, 0.2) is 0 Å². The topological polar surface area (TPSA) is 61.8 Å². The fourth-order valence-corrected chi connectivity index (χ4v) is 3.91.